The molecule has 34 heavy (non-hydrogen) atoms. The summed E-state index contributed by atoms with van der Waals surface area (Å²) in [6.07, 6.45) is 0. The number of thiophene rings is 1. The third kappa shape index (κ3) is 4.55. The largest absolute Gasteiger partial charge is 0.322 e. The molecule has 1 fully saturated rings. The van der Waals surface area contributed by atoms with Crippen molar-refractivity contribution in [2.75, 3.05) is 10.6 Å². The van der Waals surface area contributed by atoms with Crippen molar-refractivity contribution in [3.05, 3.63) is 82.2 Å². The highest BCUT2D eigenvalue weighted by Crippen LogP contribution is 2.28. The van der Waals surface area contributed by atoms with Crippen molar-refractivity contribution < 1.29 is 19.2 Å². The van der Waals surface area contributed by atoms with Crippen molar-refractivity contribution in [2.45, 2.75) is 32.2 Å². The highest BCUT2D eigenvalue weighted by atomic mass is 32.1. The fraction of sp³-hybridized carbons (Fsp3) is 0.200. The zero-order valence-corrected chi connectivity index (χ0v) is 19.7. The fourth-order valence-corrected chi connectivity index (χ4v) is 4.41. The SMILES string of the molecule is CC(C)c1ccc(C(=O)Nc2sccc2C(=O)Nc2cccc(C3(C)NC(=O)NC3=O)c2)cc1. The van der Waals surface area contributed by atoms with Gasteiger partial charge in [-0.3, -0.25) is 19.7 Å². The van der Waals surface area contributed by atoms with Gasteiger partial charge in [-0.05, 0) is 59.7 Å². The van der Waals surface area contributed by atoms with Crippen molar-refractivity contribution in [3.8, 4) is 0 Å². The van der Waals surface area contributed by atoms with Crippen molar-refractivity contribution >= 4 is 45.8 Å². The number of carbonyl (C=O) groups is 4. The quantitative estimate of drug-likeness (QED) is 0.394. The van der Waals surface area contributed by atoms with Gasteiger partial charge in [0.1, 0.15) is 10.5 Å². The van der Waals surface area contributed by atoms with Crippen LogP contribution >= 0.6 is 11.3 Å². The number of nitrogens with one attached hydrogen (secondary N) is 4. The van der Waals surface area contributed by atoms with Crippen LogP contribution in [0.4, 0.5) is 15.5 Å². The van der Waals surface area contributed by atoms with Crippen molar-refractivity contribution in [2.24, 2.45) is 0 Å². The molecule has 4 N–H and O–H groups in total. The summed E-state index contributed by atoms with van der Waals surface area (Å²) in [5.41, 5.74) is 1.70. The first-order valence-electron chi connectivity index (χ1n) is 10.7. The van der Waals surface area contributed by atoms with Crippen molar-refractivity contribution in [1.29, 1.82) is 0 Å². The van der Waals surface area contributed by atoms with Gasteiger partial charge in [-0.15, -0.1) is 11.3 Å². The topological polar surface area (TPSA) is 116 Å². The lowest BCUT2D eigenvalue weighted by Gasteiger charge is -2.21. The smallest absolute Gasteiger partial charge is 0.322 e. The van der Waals surface area contributed by atoms with Gasteiger partial charge in [-0.1, -0.05) is 38.1 Å². The molecule has 1 atom stereocenters. The first kappa shape index (κ1) is 23.2. The number of hydrogen-bond donors (Lipinski definition) is 4. The molecule has 0 aliphatic carbocycles. The summed E-state index contributed by atoms with van der Waals surface area (Å²) in [6.45, 7) is 5.76. The fourth-order valence-electron chi connectivity index (χ4n) is 3.63. The van der Waals surface area contributed by atoms with E-state index in [0.29, 0.717) is 33.3 Å². The van der Waals surface area contributed by atoms with E-state index in [0.717, 1.165) is 5.56 Å². The highest BCUT2D eigenvalue weighted by molar-refractivity contribution is 7.14. The van der Waals surface area contributed by atoms with E-state index in [-0.39, 0.29) is 5.91 Å². The summed E-state index contributed by atoms with van der Waals surface area (Å²) in [6, 6.07) is 15.1. The average molecular weight is 477 g/mol. The second kappa shape index (κ2) is 9.11. The van der Waals surface area contributed by atoms with Crippen LogP contribution in [0.5, 0.6) is 0 Å². The Kier molecular flexibility index (Phi) is 6.21. The average Bonchev–Trinajstić information content (AvgIpc) is 3.37. The summed E-state index contributed by atoms with van der Waals surface area (Å²) < 4.78 is 0. The van der Waals surface area contributed by atoms with E-state index in [9.17, 15) is 19.2 Å². The van der Waals surface area contributed by atoms with Crippen LogP contribution in [0.15, 0.2) is 60.0 Å². The standard InChI is InChI=1S/C25H24N4O4S/c1-14(2)15-7-9-16(10-8-15)20(30)27-22-19(11-12-34-22)21(31)26-18-6-4-5-17(13-18)25(3)23(32)28-24(33)29-25/h4-14H,1-3H3,(H,26,31)(H,27,30)(H2,28,29,32,33). The Bertz CT molecular complexity index is 1280. The Labute approximate surface area is 200 Å². The van der Waals surface area contributed by atoms with Gasteiger partial charge in [0.2, 0.25) is 0 Å². The van der Waals surface area contributed by atoms with Gasteiger partial charge < -0.3 is 16.0 Å². The minimum atomic E-state index is -1.23. The number of carbonyl (C=O) groups excluding carboxylic acids is 4. The lowest BCUT2D eigenvalue weighted by atomic mass is 9.92. The first-order chi connectivity index (χ1) is 16.2. The van der Waals surface area contributed by atoms with E-state index in [1.165, 1.54) is 11.3 Å². The number of benzene rings is 2. The summed E-state index contributed by atoms with van der Waals surface area (Å²) in [5, 5.41) is 12.6. The van der Waals surface area contributed by atoms with Crippen molar-refractivity contribution in [3.63, 3.8) is 0 Å². The molecule has 1 saturated heterocycles. The molecule has 4 rings (SSSR count). The molecule has 1 aliphatic heterocycles. The van der Waals surface area contributed by atoms with E-state index in [4.69, 9.17) is 0 Å². The number of urea groups is 1. The lowest BCUT2D eigenvalue weighted by Crippen LogP contribution is -2.40. The second-order valence-electron chi connectivity index (χ2n) is 8.46. The van der Waals surface area contributed by atoms with Crippen LogP contribution < -0.4 is 21.3 Å². The number of amides is 5. The predicted octanol–water partition coefficient (Wildman–Crippen LogP) is 4.43. The zero-order chi connectivity index (χ0) is 24.5. The molecular weight excluding hydrogens is 452 g/mol. The second-order valence-corrected chi connectivity index (χ2v) is 9.38. The van der Waals surface area contributed by atoms with Crippen LogP contribution in [0.1, 0.15) is 58.5 Å². The Balaban J connectivity index is 1.48. The van der Waals surface area contributed by atoms with Crippen LogP contribution in [0, 0.1) is 0 Å². The summed E-state index contributed by atoms with van der Waals surface area (Å²) in [7, 11) is 0. The molecule has 8 nitrogen and oxygen atoms in total. The predicted molar refractivity (Wildman–Crippen MR) is 131 cm³/mol. The molecule has 1 aliphatic rings. The maximum absolute atomic E-state index is 13.0. The van der Waals surface area contributed by atoms with Crippen LogP contribution in [-0.4, -0.2) is 23.8 Å². The van der Waals surface area contributed by atoms with Gasteiger partial charge in [0, 0.05) is 11.3 Å². The Morgan fingerprint density at radius 1 is 0.971 bits per heavy atom. The molecule has 0 saturated carbocycles. The number of rotatable bonds is 6. The van der Waals surface area contributed by atoms with Gasteiger partial charge in [-0.2, -0.15) is 0 Å². The van der Waals surface area contributed by atoms with Gasteiger partial charge in [-0.25, -0.2) is 4.79 Å². The number of anilines is 2. The minimum Gasteiger partial charge on any atom is -0.322 e. The molecule has 3 aromatic rings. The Morgan fingerprint density at radius 3 is 2.35 bits per heavy atom. The van der Waals surface area contributed by atoms with E-state index in [1.807, 2.05) is 12.1 Å². The summed E-state index contributed by atoms with van der Waals surface area (Å²) >= 11 is 1.25. The van der Waals surface area contributed by atoms with Gasteiger partial charge in [0.05, 0.1) is 5.56 Å². The Morgan fingerprint density at radius 2 is 1.71 bits per heavy atom. The molecule has 2 aromatic carbocycles. The van der Waals surface area contributed by atoms with Gasteiger partial charge in [0.15, 0.2) is 0 Å². The van der Waals surface area contributed by atoms with Crippen molar-refractivity contribution in [1.82, 2.24) is 10.6 Å². The number of imide groups is 1. The maximum atomic E-state index is 13.0. The summed E-state index contributed by atoms with van der Waals surface area (Å²) in [4.78, 5) is 49.5. The molecular formula is C25H24N4O4S. The van der Waals surface area contributed by atoms with E-state index < -0.39 is 23.4 Å². The maximum Gasteiger partial charge on any atom is 0.322 e. The van der Waals surface area contributed by atoms with E-state index >= 15 is 0 Å². The third-order valence-electron chi connectivity index (χ3n) is 5.72. The van der Waals surface area contributed by atoms with Gasteiger partial charge >= 0.3 is 6.03 Å². The highest BCUT2D eigenvalue weighted by Gasteiger charge is 2.43. The van der Waals surface area contributed by atoms with E-state index in [1.54, 1.807) is 54.8 Å². The Hall–Kier alpha value is -3.98. The summed E-state index contributed by atoms with van der Waals surface area (Å²) in [5.74, 6) is -0.811. The van der Waals surface area contributed by atoms with Crippen LogP contribution in [0.2, 0.25) is 0 Å². The minimum absolute atomic E-state index is 0.301. The third-order valence-corrected chi connectivity index (χ3v) is 6.55. The molecule has 0 bridgehead atoms. The van der Waals surface area contributed by atoms with Crippen LogP contribution in [-0.2, 0) is 10.3 Å². The molecule has 2 heterocycles. The molecule has 1 unspecified atom stereocenters. The van der Waals surface area contributed by atoms with E-state index in [2.05, 4.69) is 35.1 Å². The molecule has 174 valence electrons. The molecule has 0 radical (unpaired) electrons. The normalized spacial score (nSPS) is 17.3. The first-order valence-corrected chi connectivity index (χ1v) is 11.6. The molecule has 5 amide bonds. The van der Waals surface area contributed by atoms with Gasteiger partial charge in [0.25, 0.3) is 17.7 Å². The molecule has 9 heteroatoms. The number of hydrogen-bond acceptors (Lipinski definition) is 5. The lowest BCUT2D eigenvalue weighted by molar-refractivity contribution is -0.123. The zero-order valence-electron chi connectivity index (χ0n) is 18.9. The van der Waals surface area contributed by atoms with Crippen LogP contribution in [0.25, 0.3) is 0 Å². The monoisotopic (exact) mass is 476 g/mol. The molecule has 0 spiro atoms. The van der Waals surface area contributed by atoms with Crippen LogP contribution in [0.3, 0.4) is 0 Å². The molecule has 1 aromatic heterocycles.